The third kappa shape index (κ3) is 2.99. The van der Waals surface area contributed by atoms with E-state index in [9.17, 15) is 18.0 Å². The number of aliphatic imine (C=N–C) groups is 1. The van der Waals surface area contributed by atoms with Crippen LogP contribution in [0.1, 0.15) is 11.1 Å². The highest BCUT2D eigenvalue weighted by atomic mass is 19.4. The van der Waals surface area contributed by atoms with Crippen LogP contribution in [0, 0.1) is 0 Å². The van der Waals surface area contributed by atoms with E-state index in [1.807, 2.05) is 6.07 Å². The van der Waals surface area contributed by atoms with Crippen molar-refractivity contribution in [3.05, 3.63) is 90.0 Å². The molecule has 0 aromatic heterocycles. The number of hydrogen-bond donors (Lipinski definition) is 0. The SMILES string of the molecule is O=C1C(=Nc2ccccc2C(F)(F)F)c2ccccc2N1c1ccccc1. The summed E-state index contributed by atoms with van der Waals surface area (Å²) in [6.45, 7) is 0. The van der Waals surface area contributed by atoms with E-state index in [0.29, 0.717) is 16.9 Å². The fourth-order valence-corrected chi connectivity index (χ4v) is 3.07. The van der Waals surface area contributed by atoms with Gasteiger partial charge >= 0.3 is 6.18 Å². The van der Waals surface area contributed by atoms with Gasteiger partial charge in [-0.15, -0.1) is 0 Å². The molecule has 0 radical (unpaired) electrons. The summed E-state index contributed by atoms with van der Waals surface area (Å²) >= 11 is 0. The van der Waals surface area contributed by atoms with E-state index in [1.54, 1.807) is 48.5 Å². The topological polar surface area (TPSA) is 32.7 Å². The number of fused-ring (bicyclic) bond motifs is 1. The van der Waals surface area contributed by atoms with Crippen molar-refractivity contribution in [2.45, 2.75) is 6.18 Å². The molecular weight excluding hydrogens is 353 g/mol. The Kier molecular flexibility index (Phi) is 4.03. The van der Waals surface area contributed by atoms with E-state index in [-0.39, 0.29) is 11.4 Å². The molecule has 27 heavy (non-hydrogen) atoms. The van der Waals surface area contributed by atoms with Gasteiger partial charge < -0.3 is 0 Å². The van der Waals surface area contributed by atoms with Crippen LogP contribution in [0.15, 0.2) is 83.9 Å². The maximum Gasteiger partial charge on any atom is 0.418 e. The first-order chi connectivity index (χ1) is 13.0. The smallest absolute Gasteiger partial charge is 0.275 e. The lowest BCUT2D eigenvalue weighted by atomic mass is 10.1. The summed E-state index contributed by atoms with van der Waals surface area (Å²) < 4.78 is 39.9. The Morgan fingerprint density at radius 3 is 2.15 bits per heavy atom. The molecule has 3 aromatic carbocycles. The van der Waals surface area contributed by atoms with Gasteiger partial charge in [0.2, 0.25) is 0 Å². The molecular formula is C21H13F3N2O. The Morgan fingerprint density at radius 2 is 1.41 bits per heavy atom. The molecule has 1 aliphatic rings. The molecule has 0 saturated heterocycles. The predicted octanol–water partition coefficient (Wildman–Crippen LogP) is 5.50. The van der Waals surface area contributed by atoms with Crippen LogP contribution >= 0.6 is 0 Å². The fourth-order valence-electron chi connectivity index (χ4n) is 3.07. The van der Waals surface area contributed by atoms with Crippen LogP contribution in [0.25, 0.3) is 0 Å². The van der Waals surface area contributed by atoms with Crippen molar-refractivity contribution in [2.24, 2.45) is 4.99 Å². The molecule has 134 valence electrons. The highest BCUT2D eigenvalue weighted by Gasteiger charge is 2.37. The second-order valence-electron chi connectivity index (χ2n) is 5.97. The molecule has 0 saturated carbocycles. The highest BCUT2D eigenvalue weighted by Crippen LogP contribution is 2.39. The number of amides is 1. The van der Waals surface area contributed by atoms with Crippen LogP contribution in [0.5, 0.6) is 0 Å². The van der Waals surface area contributed by atoms with Gasteiger partial charge in [0.1, 0.15) is 5.71 Å². The zero-order chi connectivity index (χ0) is 19.0. The molecule has 3 aromatic rings. The van der Waals surface area contributed by atoms with E-state index in [2.05, 4.69) is 4.99 Å². The molecule has 0 N–H and O–H groups in total. The van der Waals surface area contributed by atoms with Gasteiger partial charge in [0.25, 0.3) is 5.91 Å². The Hall–Kier alpha value is -3.41. The van der Waals surface area contributed by atoms with Gasteiger partial charge in [-0.1, -0.05) is 48.5 Å². The zero-order valence-electron chi connectivity index (χ0n) is 13.9. The average molecular weight is 366 g/mol. The second kappa shape index (κ2) is 6.39. The molecule has 4 rings (SSSR count). The molecule has 0 bridgehead atoms. The zero-order valence-corrected chi connectivity index (χ0v) is 13.9. The summed E-state index contributed by atoms with van der Waals surface area (Å²) in [5, 5.41) is 0. The number of hydrogen-bond acceptors (Lipinski definition) is 2. The van der Waals surface area contributed by atoms with Crippen molar-refractivity contribution in [3.63, 3.8) is 0 Å². The highest BCUT2D eigenvalue weighted by molar-refractivity contribution is 6.56. The molecule has 1 amide bonds. The number of halogens is 3. The predicted molar refractivity (Wildman–Crippen MR) is 97.7 cm³/mol. The van der Waals surface area contributed by atoms with E-state index >= 15 is 0 Å². The van der Waals surface area contributed by atoms with Crippen molar-refractivity contribution in [3.8, 4) is 0 Å². The number of para-hydroxylation sites is 3. The molecule has 0 spiro atoms. The van der Waals surface area contributed by atoms with Gasteiger partial charge in [0.05, 0.1) is 16.9 Å². The van der Waals surface area contributed by atoms with E-state index < -0.39 is 17.6 Å². The summed E-state index contributed by atoms with van der Waals surface area (Å²) in [6.07, 6.45) is -4.55. The van der Waals surface area contributed by atoms with E-state index in [1.165, 1.54) is 23.1 Å². The summed E-state index contributed by atoms with van der Waals surface area (Å²) in [4.78, 5) is 18.6. The first-order valence-electron chi connectivity index (χ1n) is 8.20. The fraction of sp³-hybridized carbons (Fsp3) is 0.0476. The standard InChI is InChI=1S/C21H13F3N2O/c22-21(23,24)16-11-5-6-12-17(16)25-19-15-10-4-7-13-18(15)26(20(19)27)14-8-2-1-3-9-14/h1-13H. The number of benzene rings is 3. The maximum absolute atomic E-state index is 13.3. The molecule has 0 atom stereocenters. The Balaban J connectivity index is 1.89. The van der Waals surface area contributed by atoms with Gasteiger partial charge in [-0.3, -0.25) is 9.69 Å². The Bertz CT molecular complexity index is 1040. The van der Waals surface area contributed by atoms with Crippen LogP contribution in [0.4, 0.5) is 30.2 Å². The molecule has 6 heteroatoms. The van der Waals surface area contributed by atoms with Crippen LogP contribution in [0.2, 0.25) is 0 Å². The lowest BCUT2D eigenvalue weighted by molar-refractivity contribution is -0.137. The van der Waals surface area contributed by atoms with Crippen molar-refractivity contribution >= 4 is 28.7 Å². The summed E-state index contributed by atoms with van der Waals surface area (Å²) in [7, 11) is 0. The first-order valence-corrected chi connectivity index (χ1v) is 8.20. The number of rotatable bonds is 2. The van der Waals surface area contributed by atoms with Crippen molar-refractivity contribution in [1.29, 1.82) is 0 Å². The number of nitrogens with zero attached hydrogens (tertiary/aromatic N) is 2. The molecule has 0 unspecified atom stereocenters. The van der Waals surface area contributed by atoms with Crippen LogP contribution in [-0.2, 0) is 11.0 Å². The number of anilines is 2. The van der Waals surface area contributed by atoms with Gasteiger partial charge in [0, 0.05) is 11.3 Å². The minimum atomic E-state index is -4.55. The van der Waals surface area contributed by atoms with Gasteiger partial charge in [-0.05, 0) is 30.3 Å². The summed E-state index contributed by atoms with van der Waals surface area (Å²) in [5.41, 5.74) is 0.565. The van der Waals surface area contributed by atoms with Crippen molar-refractivity contribution in [2.75, 3.05) is 4.90 Å². The third-order valence-electron chi connectivity index (χ3n) is 4.26. The normalized spacial score (nSPS) is 15.3. The van der Waals surface area contributed by atoms with Crippen LogP contribution in [0.3, 0.4) is 0 Å². The molecule has 0 aliphatic carbocycles. The van der Waals surface area contributed by atoms with Gasteiger partial charge in [-0.25, -0.2) is 4.99 Å². The maximum atomic E-state index is 13.3. The lowest BCUT2D eigenvalue weighted by Gasteiger charge is -2.16. The van der Waals surface area contributed by atoms with Gasteiger partial charge in [0.15, 0.2) is 0 Å². The van der Waals surface area contributed by atoms with Crippen molar-refractivity contribution < 1.29 is 18.0 Å². The van der Waals surface area contributed by atoms with E-state index in [0.717, 1.165) is 6.07 Å². The second-order valence-corrected chi connectivity index (χ2v) is 5.97. The number of carbonyl (C=O) groups excluding carboxylic acids is 1. The minimum Gasteiger partial charge on any atom is -0.275 e. The van der Waals surface area contributed by atoms with Crippen LogP contribution in [-0.4, -0.2) is 11.6 Å². The quantitative estimate of drug-likeness (QED) is 0.589. The van der Waals surface area contributed by atoms with Crippen LogP contribution < -0.4 is 4.90 Å². The molecule has 3 nitrogen and oxygen atoms in total. The largest absolute Gasteiger partial charge is 0.418 e. The lowest BCUT2D eigenvalue weighted by Crippen LogP contribution is -2.25. The molecule has 0 fully saturated rings. The summed E-state index contributed by atoms with van der Waals surface area (Å²) in [5.74, 6) is -0.459. The molecule has 1 heterocycles. The Morgan fingerprint density at radius 1 is 0.778 bits per heavy atom. The summed E-state index contributed by atoms with van der Waals surface area (Å²) in [6, 6.07) is 20.9. The monoisotopic (exact) mass is 366 g/mol. The minimum absolute atomic E-state index is 0.00819. The average Bonchev–Trinajstić information content (AvgIpc) is 2.94. The number of carbonyl (C=O) groups is 1. The first kappa shape index (κ1) is 17.0. The van der Waals surface area contributed by atoms with E-state index in [4.69, 9.17) is 0 Å². The third-order valence-corrected chi connectivity index (χ3v) is 4.26. The molecule has 1 aliphatic heterocycles. The Labute approximate surface area is 153 Å². The number of alkyl halides is 3. The van der Waals surface area contributed by atoms with Gasteiger partial charge in [-0.2, -0.15) is 13.2 Å². The van der Waals surface area contributed by atoms with Crippen molar-refractivity contribution in [1.82, 2.24) is 0 Å².